The summed E-state index contributed by atoms with van der Waals surface area (Å²) in [5, 5.41) is 0.653. The van der Waals surface area contributed by atoms with Gasteiger partial charge >= 0.3 is 0 Å². The van der Waals surface area contributed by atoms with Gasteiger partial charge in [0.15, 0.2) is 5.78 Å². The lowest BCUT2D eigenvalue weighted by molar-refractivity contribution is 0.103. The van der Waals surface area contributed by atoms with E-state index in [4.69, 9.17) is 27.6 Å². The Morgan fingerprint density at radius 1 is 1.11 bits per heavy atom. The van der Waals surface area contributed by atoms with E-state index in [1.54, 1.807) is 25.1 Å². The molecule has 2 aromatic rings. The zero-order valence-corrected chi connectivity index (χ0v) is 11.8. The summed E-state index contributed by atoms with van der Waals surface area (Å²) in [6.07, 6.45) is 0. The molecule has 0 atom stereocenters. The van der Waals surface area contributed by atoms with E-state index in [1.807, 2.05) is 13.8 Å². The van der Waals surface area contributed by atoms with Gasteiger partial charge in [-0.3, -0.25) is 4.79 Å². The molecule has 0 radical (unpaired) electrons. The van der Waals surface area contributed by atoms with Gasteiger partial charge in [-0.1, -0.05) is 29.3 Å². The average molecular weight is 283 g/mol. The summed E-state index contributed by atoms with van der Waals surface area (Å²) < 4.78 is 5.46. The first-order valence-corrected chi connectivity index (χ1v) is 6.24. The average Bonchev–Trinajstić information content (AvgIpc) is 2.56. The Kier molecular flexibility index (Phi) is 3.51. The molecule has 2 nitrogen and oxygen atoms in total. The molecule has 1 aromatic carbocycles. The topological polar surface area (TPSA) is 30.2 Å². The molecular weight excluding hydrogens is 271 g/mol. The lowest BCUT2D eigenvalue weighted by Gasteiger charge is -2.05. The van der Waals surface area contributed by atoms with Crippen molar-refractivity contribution in [3.63, 3.8) is 0 Å². The second kappa shape index (κ2) is 4.79. The Hall–Kier alpha value is -1.25. The van der Waals surface area contributed by atoms with Crippen LogP contribution < -0.4 is 0 Å². The molecule has 94 valence electrons. The monoisotopic (exact) mass is 282 g/mol. The van der Waals surface area contributed by atoms with Crippen molar-refractivity contribution in [1.29, 1.82) is 0 Å². The normalized spacial score (nSPS) is 10.7. The highest BCUT2D eigenvalue weighted by Gasteiger charge is 2.22. The van der Waals surface area contributed by atoms with Gasteiger partial charge in [-0.2, -0.15) is 0 Å². The van der Waals surface area contributed by atoms with Crippen LogP contribution in [0.2, 0.25) is 10.0 Å². The van der Waals surface area contributed by atoms with Crippen molar-refractivity contribution in [3.8, 4) is 0 Å². The first kappa shape index (κ1) is 13.2. The highest BCUT2D eigenvalue weighted by molar-refractivity contribution is 6.44. The molecule has 0 spiro atoms. The zero-order chi connectivity index (χ0) is 13.4. The predicted molar refractivity (Wildman–Crippen MR) is 72.8 cm³/mol. The van der Waals surface area contributed by atoms with Crippen molar-refractivity contribution in [2.75, 3.05) is 0 Å². The summed E-state index contributed by atoms with van der Waals surface area (Å²) in [7, 11) is 0. The van der Waals surface area contributed by atoms with E-state index >= 15 is 0 Å². The maximum atomic E-state index is 12.5. The van der Waals surface area contributed by atoms with Gasteiger partial charge in [0, 0.05) is 11.1 Å². The number of aryl methyl sites for hydroxylation is 2. The minimum Gasteiger partial charge on any atom is -0.466 e. The number of halogens is 2. The van der Waals surface area contributed by atoms with Gasteiger partial charge in [-0.05, 0) is 32.9 Å². The van der Waals surface area contributed by atoms with Crippen molar-refractivity contribution in [3.05, 3.63) is 56.5 Å². The van der Waals surface area contributed by atoms with Crippen LogP contribution in [0.3, 0.4) is 0 Å². The van der Waals surface area contributed by atoms with Gasteiger partial charge in [0.1, 0.15) is 11.5 Å². The van der Waals surface area contributed by atoms with E-state index in [0.717, 1.165) is 11.3 Å². The fraction of sp³-hybridized carbons (Fsp3) is 0.214. The molecule has 0 unspecified atom stereocenters. The number of hydrogen-bond acceptors (Lipinski definition) is 2. The fourth-order valence-corrected chi connectivity index (χ4v) is 2.33. The molecule has 0 amide bonds. The van der Waals surface area contributed by atoms with Gasteiger partial charge in [0.25, 0.3) is 0 Å². The summed E-state index contributed by atoms with van der Waals surface area (Å²) in [6.45, 7) is 5.46. The number of rotatable bonds is 2. The lowest BCUT2D eigenvalue weighted by Crippen LogP contribution is -2.04. The first-order chi connectivity index (χ1) is 8.43. The number of benzene rings is 1. The van der Waals surface area contributed by atoms with Gasteiger partial charge in [-0.25, -0.2) is 0 Å². The third-order valence-corrected chi connectivity index (χ3v) is 3.80. The summed E-state index contributed by atoms with van der Waals surface area (Å²) in [5.74, 6) is 1.19. The Morgan fingerprint density at radius 2 is 1.78 bits per heavy atom. The van der Waals surface area contributed by atoms with Crippen LogP contribution in [0.1, 0.15) is 33.0 Å². The van der Waals surface area contributed by atoms with Gasteiger partial charge in [0.2, 0.25) is 0 Å². The zero-order valence-electron chi connectivity index (χ0n) is 10.3. The summed E-state index contributed by atoms with van der Waals surface area (Å²) in [4.78, 5) is 12.5. The summed E-state index contributed by atoms with van der Waals surface area (Å²) in [5.41, 5.74) is 1.81. The third-order valence-electron chi connectivity index (χ3n) is 2.98. The van der Waals surface area contributed by atoms with E-state index < -0.39 is 0 Å². The number of ketones is 1. The minimum absolute atomic E-state index is 0.158. The molecule has 1 aromatic heterocycles. The van der Waals surface area contributed by atoms with Crippen molar-refractivity contribution in [2.45, 2.75) is 20.8 Å². The first-order valence-electron chi connectivity index (χ1n) is 5.48. The second-order valence-corrected chi connectivity index (χ2v) is 4.93. The SMILES string of the molecule is Cc1oc(C)c(C(=O)c2cccc(Cl)c2Cl)c1C. The van der Waals surface area contributed by atoms with Gasteiger partial charge in [0.05, 0.1) is 15.6 Å². The molecule has 0 aliphatic heterocycles. The number of hydrogen-bond donors (Lipinski definition) is 0. The van der Waals surface area contributed by atoms with Crippen LogP contribution in [0.15, 0.2) is 22.6 Å². The minimum atomic E-state index is -0.158. The third kappa shape index (κ3) is 2.06. The fourth-order valence-electron chi connectivity index (χ4n) is 1.94. The molecule has 0 N–H and O–H groups in total. The Morgan fingerprint density at radius 3 is 2.33 bits per heavy atom. The number of furan rings is 1. The molecule has 2 rings (SSSR count). The molecule has 0 bridgehead atoms. The standard InChI is InChI=1S/C14H12Cl2O2/c1-7-8(2)18-9(3)12(7)14(17)10-5-4-6-11(15)13(10)16/h4-6H,1-3H3. The van der Waals surface area contributed by atoms with E-state index in [0.29, 0.717) is 21.9 Å². The molecule has 0 aliphatic carbocycles. The number of carbonyl (C=O) groups is 1. The quantitative estimate of drug-likeness (QED) is 0.745. The lowest BCUT2D eigenvalue weighted by atomic mass is 10.00. The number of carbonyl (C=O) groups excluding carboxylic acids is 1. The van der Waals surface area contributed by atoms with E-state index in [2.05, 4.69) is 0 Å². The van der Waals surface area contributed by atoms with Crippen LogP contribution >= 0.6 is 23.2 Å². The van der Waals surface area contributed by atoms with Crippen molar-refractivity contribution in [2.24, 2.45) is 0 Å². The van der Waals surface area contributed by atoms with Crippen molar-refractivity contribution >= 4 is 29.0 Å². The van der Waals surface area contributed by atoms with Crippen LogP contribution in [0, 0.1) is 20.8 Å². The molecule has 18 heavy (non-hydrogen) atoms. The highest BCUT2D eigenvalue weighted by Crippen LogP contribution is 2.30. The van der Waals surface area contributed by atoms with Crippen LogP contribution in [0.4, 0.5) is 0 Å². The molecular formula is C14H12Cl2O2. The maximum Gasteiger partial charge on any atom is 0.198 e. The van der Waals surface area contributed by atoms with Gasteiger partial charge < -0.3 is 4.42 Å². The molecule has 0 saturated heterocycles. The molecule has 4 heteroatoms. The van der Waals surface area contributed by atoms with Crippen molar-refractivity contribution < 1.29 is 9.21 Å². The van der Waals surface area contributed by atoms with Crippen LogP contribution in [-0.2, 0) is 0 Å². The van der Waals surface area contributed by atoms with E-state index in [-0.39, 0.29) is 10.8 Å². The summed E-state index contributed by atoms with van der Waals surface area (Å²) in [6, 6.07) is 5.03. The smallest absolute Gasteiger partial charge is 0.198 e. The Balaban J connectivity index is 2.58. The van der Waals surface area contributed by atoms with Crippen LogP contribution in [0.5, 0.6) is 0 Å². The largest absolute Gasteiger partial charge is 0.466 e. The van der Waals surface area contributed by atoms with E-state index in [1.165, 1.54) is 0 Å². The Bertz CT molecular complexity index is 627. The van der Waals surface area contributed by atoms with Gasteiger partial charge in [-0.15, -0.1) is 0 Å². The van der Waals surface area contributed by atoms with Crippen LogP contribution in [-0.4, -0.2) is 5.78 Å². The summed E-state index contributed by atoms with van der Waals surface area (Å²) >= 11 is 12.0. The van der Waals surface area contributed by atoms with Crippen LogP contribution in [0.25, 0.3) is 0 Å². The second-order valence-electron chi connectivity index (χ2n) is 4.14. The molecule has 0 saturated carbocycles. The highest BCUT2D eigenvalue weighted by atomic mass is 35.5. The Labute approximate surface area is 116 Å². The molecule has 1 heterocycles. The maximum absolute atomic E-state index is 12.5. The molecule has 0 fully saturated rings. The van der Waals surface area contributed by atoms with Crippen molar-refractivity contribution in [1.82, 2.24) is 0 Å². The predicted octanol–water partition coefficient (Wildman–Crippen LogP) is 4.74. The molecule has 0 aliphatic rings. The van der Waals surface area contributed by atoms with E-state index in [9.17, 15) is 4.79 Å².